The molecule has 1 aliphatic rings. The van der Waals surface area contributed by atoms with Crippen LogP contribution in [0.2, 0.25) is 0 Å². The van der Waals surface area contributed by atoms with E-state index >= 15 is 0 Å². The third-order valence-electron chi connectivity index (χ3n) is 5.11. The van der Waals surface area contributed by atoms with Crippen LogP contribution in [0.15, 0.2) is 54.6 Å². The van der Waals surface area contributed by atoms with Gasteiger partial charge in [-0.25, -0.2) is 4.39 Å². The SMILES string of the molecule is C[C@@H](CC(=O)N1CCN(CC(=O)Nc2ccc(F)cc2)CC1)NC(=O)c1ccccc1. The number of nitrogens with one attached hydrogen (secondary N) is 2. The number of piperazine rings is 1. The molecule has 164 valence electrons. The number of carbonyl (C=O) groups is 3. The molecule has 1 aliphatic heterocycles. The lowest BCUT2D eigenvalue weighted by atomic mass is 10.1. The zero-order chi connectivity index (χ0) is 22.2. The van der Waals surface area contributed by atoms with Gasteiger partial charge in [-0.15, -0.1) is 0 Å². The van der Waals surface area contributed by atoms with E-state index in [1.807, 2.05) is 17.9 Å². The number of carbonyl (C=O) groups excluding carboxylic acids is 3. The Morgan fingerprint density at radius 2 is 1.61 bits per heavy atom. The number of hydrogen-bond acceptors (Lipinski definition) is 4. The fourth-order valence-electron chi connectivity index (χ4n) is 3.43. The number of nitrogens with zero attached hydrogens (tertiary/aromatic N) is 2. The van der Waals surface area contributed by atoms with Gasteiger partial charge < -0.3 is 15.5 Å². The average molecular weight is 426 g/mol. The predicted octanol–water partition coefficient (Wildman–Crippen LogP) is 2.12. The molecule has 2 aromatic carbocycles. The minimum Gasteiger partial charge on any atom is -0.349 e. The van der Waals surface area contributed by atoms with Crippen LogP contribution in [-0.2, 0) is 9.59 Å². The summed E-state index contributed by atoms with van der Waals surface area (Å²) in [6.45, 7) is 4.27. The normalized spacial score (nSPS) is 15.2. The first kappa shape index (κ1) is 22.4. The fourth-order valence-corrected chi connectivity index (χ4v) is 3.43. The molecule has 0 spiro atoms. The molecule has 31 heavy (non-hydrogen) atoms. The Bertz CT molecular complexity index is 897. The Hall–Kier alpha value is -3.26. The lowest BCUT2D eigenvalue weighted by Gasteiger charge is -2.34. The van der Waals surface area contributed by atoms with E-state index in [0.717, 1.165) is 0 Å². The van der Waals surface area contributed by atoms with Crippen LogP contribution in [0.25, 0.3) is 0 Å². The molecule has 0 saturated carbocycles. The van der Waals surface area contributed by atoms with Gasteiger partial charge in [0.15, 0.2) is 0 Å². The highest BCUT2D eigenvalue weighted by Gasteiger charge is 2.24. The van der Waals surface area contributed by atoms with Crippen molar-refractivity contribution in [3.63, 3.8) is 0 Å². The van der Waals surface area contributed by atoms with Crippen molar-refractivity contribution in [2.24, 2.45) is 0 Å². The van der Waals surface area contributed by atoms with Crippen molar-refractivity contribution < 1.29 is 18.8 Å². The predicted molar refractivity (Wildman–Crippen MR) is 116 cm³/mol. The van der Waals surface area contributed by atoms with Crippen LogP contribution in [-0.4, -0.2) is 66.3 Å². The molecular weight excluding hydrogens is 399 g/mol. The topological polar surface area (TPSA) is 81.8 Å². The van der Waals surface area contributed by atoms with Gasteiger partial charge in [0, 0.05) is 49.9 Å². The second-order valence-corrected chi connectivity index (χ2v) is 7.66. The van der Waals surface area contributed by atoms with Gasteiger partial charge in [-0.05, 0) is 43.3 Å². The Balaban J connectivity index is 1.38. The Kier molecular flexibility index (Phi) is 7.72. The molecule has 1 atom stereocenters. The van der Waals surface area contributed by atoms with Crippen LogP contribution in [0.4, 0.5) is 10.1 Å². The van der Waals surface area contributed by atoms with Gasteiger partial charge in [-0.2, -0.15) is 0 Å². The molecule has 3 rings (SSSR count). The molecule has 8 heteroatoms. The highest BCUT2D eigenvalue weighted by Crippen LogP contribution is 2.10. The number of hydrogen-bond donors (Lipinski definition) is 2. The Morgan fingerprint density at radius 1 is 0.968 bits per heavy atom. The molecule has 1 saturated heterocycles. The number of halogens is 1. The van der Waals surface area contributed by atoms with Gasteiger partial charge in [0.2, 0.25) is 11.8 Å². The van der Waals surface area contributed by atoms with Gasteiger partial charge in [0.1, 0.15) is 5.82 Å². The van der Waals surface area contributed by atoms with E-state index in [0.29, 0.717) is 37.4 Å². The molecular formula is C23H27FN4O3. The summed E-state index contributed by atoms with van der Waals surface area (Å²) in [5.41, 5.74) is 1.11. The van der Waals surface area contributed by atoms with Crippen LogP contribution in [0.3, 0.4) is 0 Å². The van der Waals surface area contributed by atoms with E-state index in [1.54, 1.807) is 29.2 Å². The fraction of sp³-hybridized carbons (Fsp3) is 0.348. The summed E-state index contributed by atoms with van der Waals surface area (Å²) in [6.07, 6.45) is 0.226. The summed E-state index contributed by atoms with van der Waals surface area (Å²) >= 11 is 0. The van der Waals surface area contributed by atoms with Crippen molar-refractivity contribution in [3.05, 3.63) is 66.0 Å². The Labute approximate surface area is 181 Å². The zero-order valence-corrected chi connectivity index (χ0v) is 17.5. The van der Waals surface area contributed by atoms with Gasteiger partial charge in [0.25, 0.3) is 5.91 Å². The summed E-state index contributed by atoms with van der Waals surface area (Å²) in [5, 5.41) is 5.59. The van der Waals surface area contributed by atoms with Gasteiger partial charge in [-0.1, -0.05) is 18.2 Å². The largest absolute Gasteiger partial charge is 0.349 e. The summed E-state index contributed by atoms with van der Waals surface area (Å²) in [6, 6.07) is 14.2. The van der Waals surface area contributed by atoms with Crippen molar-refractivity contribution >= 4 is 23.4 Å². The molecule has 2 N–H and O–H groups in total. The van der Waals surface area contributed by atoms with Crippen LogP contribution in [0.1, 0.15) is 23.7 Å². The minimum absolute atomic E-state index is 0.0173. The first-order chi connectivity index (χ1) is 14.9. The lowest BCUT2D eigenvalue weighted by Crippen LogP contribution is -2.51. The number of benzene rings is 2. The van der Waals surface area contributed by atoms with Gasteiger partial charge in [-0.3, -0.25) is 19.3 Å². The smallest absolute Gasteiger partial charge is 0.251 e. The first-order valence-corrected chi connectivity index (χ1v) is 10.3. The molecule has 3 amide bonds. The zero-order valence-electron chi connectivity index (χ0n) is 17.5. The van der Waals surface area contributed by atoms with Gasteiger partial charge in [0.05, 0.1) is 6.54 Å². The van der Waals surface area contributed by atoms with E-state index in [2.05, 4.69) is 10.6 Å². The number of rotatable bonds is 7. The second-order valence-electron chi connectivity index (χ2n) is 7.66. The van der Waals surface area contributed by atoms with Crippen molar-refractivity contribution in [2.75, 3.05) is 38.0 Å². The maximum absolute atomic E-state index is 12.9. The summed E-state index contributed by atoms with van der Waals surface area (Å²) in [4.78, 5) is 40.7. The molecule has 0 radical (unpaired) electrons. The molecule has 0 unspecified atom stereocenters. The molecule has 7 nitrogen and oxygen atoms in total. The monoisotopic (exact) mass is 426 g/mol. The molecule has 1 heterocycles. The first-order valence-electron chi connectivity index (χ1n) is 10.3. The van der Waals surface area contributed by atoms with E-state index in [9.17, 15) is 18.8 Å². The highest BCUT2D eigenvalue weighted by atomic mass is 19.1. The number of amides is 3. The van der Waals surface area contributed by atoms with Crippen molar-refractivity contribution in [2.45, 2.75) is 19.4 Å². The van der Waals surface area contributed by atoms with Crippen LogP contribution >= 0.6 is 0 Å². The third kappa shape index (κ3) is 6.89. The van der Waals surface area contributed by atoms with Gasteiger partial charge >= 0.3 is 0 Å². The van der Waals surface area contributed by atoms with E-state index in [4.69, 9.17) is 0 Å². The number of anilines is 1. The van der Waals surface area contributed by atoms with E-state index in [-0.39, 0.29) is 42.5 Å². The average Bonchev–Trinajstić information content (AvgIpc) is 2.76. The standard InChI is InChI=1S/C23H27FN4O3/c1-17(25-23(31)18-5-3-2-4-6-18)15-22(30)28-13-11-27(12-14-28)16-21(29)26-20-9-7-19(24)8-10-20/h2-10,17H,11-16H2,1H3,(H,25,31)(H,26,29)/t17-/m0/s1. The molecule has 2 aromatic rings. The van der Waals surface area contributed by atoms with Crippen LogP contribution in [0, 0.1) is 5.82 Å². The quantitative estimate of drug-likeness (QED) is 0.711. The molecule has 1 fully saturated rings. The molecule has 0 bridgehead atoms. The maximum Gasteiger partial charge on any atom is 0.251 e. The highest BCUT2D eigenvalue weighted by molar-refractivity contribution is 5.94. The van der Waals surface area contributed by atoms with Crippen molar-refractivity contribution in [3.8, 4) is 0 Å². The minimum atomic E-state index is -0.354. The lowest BCUT2D eigenvalue weighted by molar-refractivity contribution is -0.133. The molecule has 0 aliphatic carbocycles. The summed E-state index contributed by atoms with van der Waals surface area (Å²) < 4.78 is 12.9. The maximum atomic E-state index is 12.9. The second kappa shape index (κ2) is 10.7. The third-order valence-corrected chi connectivity index (χ3v) is 5.11. The van der Waals surface area contributed by atoms with Crippen molar-refractivity contribution in [1.29, 1.82) is 0 Å². The Morgan fingerprint density at radius 3 is 2.26 bits per heavy atom. The summed E-state index contributed by atoms with van der Waals surface area (Å²) in [7, 11) is 0. The van der Waals surface area contributed by atoms with E-state index in [1.165, 1.54) is 24.3 Å². The van der Waals surface area contributed by atoms with Crippen molar-refractivity contribution in [1.82, 2.24) is 15.1 Å². The van der Waals surface area contributed by atoms with Crippen LogP contribution in [0.5, 0.6) is 0 Å². The van der Waals surface area contributed by atoms with Crippen LogP contribution < -0.4 is 10.6 Å². The van der Waals surface area contributed by atoms with E-state index < -0.39 is 0 Å². The summed E-state index contributed by atoms with van der Waals surface area (Å²) in [5.74, 6) is -0.745. The molecule has 0 aromatic heterocycles.